The van der Waals surface area contributed by atoms with Crippen LogP contribution in [-0.4, -0.2) is 0 Å². The van der Waals surface area contributed by atoms with E-state index < -0.39 is 11.6 Å². The maximum atomic E-state index is 13.4. The lowest BCUT2D eigenvalue weighted by Gasteiger charge is -2.05. The van der Waals surface area contributed by atoms with Gasteiger partial charge in [0, 0.05) is 15.9 Å². The first-order valence-corrected chi connectivity index (χ1v) is 5.84. The van der Waals surface area contributed by atoms with Crippen molar-refractivity contribution in [3.05, 3.63) is 53.6 Å². The van der Waals surface area contributed by atoms with Gasteiger partial charge in [-0.3, -0.25) is 0 Å². The van der Waals surface area contributed by atoms with Crippen LogP contribution in [-0.2, 0) is 0 Å². The Morgan fingerprint density at radius 2 is 1.89 bits per heavy atom. The minimum Gasteiger partial charge on any atom is -0.398 e. The van der Waals surface area contributed by atoms with Gasteiger partial charge in [-0.15, -0.1) is 0 Å². The third-order valence-corrected chi connectivity index (χ3v) is 3.31. The zero-order valence-corrected chi connectivity index (χ0v) is 9.97. The molecule has 2 nitrogen and oxygen atoms in total. The maximum Gasteiger partial charge on any atom is 0.140 e. The Bertz CT molecular complexity index is 635. The molecular weight excluding hydrogens is 254 g/mol. The lowest BCUT2D eigenvalue weighted by atomic mass is 10.2. The number of benzene rings is 2. The molecule has 90 valence electrons. The Morgan fingerprint density at radius 3 is 2.50 bits per heavy atom. The molecule has 0 aliphatic rings. The van der Waals surface area contributed by atoms with E-state index in [2.05, 4.69) is 0 Å². The Hall–Kier alpha value is -2.06. The van der Waals surface area contributed by atoms with Gasteiger partial charge in [0.1, 0.15) is 17.7 Å². The van der Waals surface area contributed by atoms with Crippen molar-refractivity contribution in [2.75, 3.05) is 5.73 Å². The van der Waals surface area contributed by atoms with Gasteiger partial charge in [0.05, 0.1) is 11.3 Å². The van der Waals surface area contributed by atoms with Crippen LogP contribution in [0.4, 0.5) is 14.5 Å². The van der Waals surface area contributed by atoms with Gasteiger partial charge in [-0.1, -0.05) is 11.8 Å². The first kappa shape index (κ1) is 12.4. The molecule has 0 spiro atoms. The number of hydrogen-bond acceptors (Lipinski definition) is 3. The minimum absolute atomic E-state index is 0.306. The third kappa shape index (κ3) is 2.60. The van der Waals surface area contributed by atoms with Gasteiger partial charge in [0.2, 0.25) is 0 Å². The van der Waals surface area contributed by atoms with Crippen LogP contribution in [0.25, 0.3) is 0 Å². The predicted octanol–water partition coefficient (Wildman–Crippen LogP) is 3.57. The van der Waals surface area contributed by atoms with E-state index in [0.29, 0.717) is 21.0 Å². The molecular formula is C13H8F2N2S. The monoisotopic (exact) mass is 262 g/mol. The fraction of sp³-hybridized carbons (Fsp3) is 0. The minimum atomic E-state index is -0.622. The van der Waals surface area contributed by atoms with E-state index in [0.717, 1.165) is 17.8 Å². The molecule has 0 bridgehead atoms. The number of nitriles is 1. The van der Waals surface area contributed by atoms with Crippen molar-refractivity contribution in [2.24, 2.45) is 0 Å². The quantitative estimate of drug-likeness (QED) is 0.842. The van der Waals surface area contributed by atoms with Gasteiger partial charge in [0.15, 0.2) is 0 Å². The fourth-order valence-corrected chi connectivity index (χ4v) is 2.26. The summed E-state index contributed by atoms with van der Waals surface area (Å²) in [5.74, 6) is -1.24. The number of hydrogen-bond donors (Lipinski definition) is 1. The van der Waals surface area contributed by atoms with Crippen molar-refractivity contribution in [3.8, 4) is 6.07 Å². The Labute approximate surface area is 107 Å². The number of nitrogens with zero attached hydrogens (tertiary/aromatic N) is 1. The van der Waals surface area contributed by atoms with Crippen molar-refractivity contribution in [1.29, 1.82) is 5.26 Å². The molecule has 0 unspecified atom stereocenters. The lowest BCUT2D eigenvalue weighted by molar-refractivity contribution is 0.565. The van der Waals surface area contributed by atoms with Crippen LogP contribution < -0.4 is 5.73 Å². The van der Waals surface area contributed by atoms with Crippen molar-refractivity contribution < 1.29 is 8.78 Å². The van der Waals surface area contributed by atoms with E-state index in [-0.39, 0.29) is 0 Å². The van der Waals surface area contributed by atoms with Crippen LogP contribution in [0.15, 0.2) is 46.2 Å². The predicted molar refractivity (Wildman–Crippen MR) is 66.1 cm³/mol. The van der Waals surface area contributed by atoms with Crippen LogP contribution in [0.2, 0.25) is 0 Å². The van der Waals surface area contributed by atoms with Crippen molar-refractivity contribution in [3.63, 3.8) is 0 Å². The number of halogens is 2. The first-order valence-electron chi connectivity index (χ1n) is 5.02. The van der Waals surface area contributed by atoms with Gasteiger partial charge >= 0.3 is 0 Å². The fourth-order valence-electron chi connectivity index (χ4n) is 1.39. The zero-order valence-electron chi connectivity index (χ0n) is 9.15. The van der Waals surface area contributed by atoms with Gasteiger partial charge in [-0.2, -0.15) is 5.26 Å². The summed E-state index contributed by atoms with van der Waals surface area (Å²) in [7, 11) is 0. The highest BCUT2D eigenvalue weighted by atomic mass is 32.2. The molecule has 0 aliphatic carbocycles. The molecule has 0 heterocycles. The second kappa shape index (κ2) is 5.07. The van der Waals surface area contributed by atoms with Gasteiger partial charge in [-0.05, 0) is 30.3 Å². The van der Waals surface area contributed by atoms with Crippen molar-refractivity contribution in [1.82, 2.24) is 0 Å². The number of anilines is 1. The summed E-state index contributed by atoms with van der Waals surface area (Å²) in [4.78, 5) is 0.998. The van der Waals surface area contributed by atoms with E-state index in [4.69, 9.17) is 11.0 Å². The van der Waals surface area contributed by atoms with E-state index >= 15 is 0 Å². The maximum absolute atomic E-state index is 13.4. The molecule has 18 heavy (non-hydrogen) atoms. The van der Waals surface area contributed by atoms with E-state index in [1.807, 2.05) is 6.07 Å². The van der Waals surface area contributed by atoms with Crippen molar-refractivity contribution in [2.45, 2.75) is 9.79 Å². The topological polar surface area (TPSA) is 49.8 Å². The van der Waals surface area contributed by atoms with Crippen LogP contribution in [0, 0.1) is 23.0 Å². The van der Waals surface area contributed by atoms with E-state index in [1.54, 1.807) is 18.2 Å². The highest BCUT2D eigenvalue weighted by Crippen LogP contribution is 2.31. The average molecular weight is 262 g/mol. The van der Waals surface area contributed by atoms with Crippen LogP contribution in [0.5, 0.6) is 0 Å². The number of nitrogens with two attached hydrogens (primary N) is 1. The summed E-state index contributed by atoms with van der Waals surface area (Å²) in [6.07, 6.45) is 0. The average Bonchev–Trinajstić information content (AvgIpc) is 2.33. The SMILES string of the molecule is N#Cc1ccc(Sc2ccc(F)cc2F)cc1N. The third-order valence-electron chi connectivity index (χ3n) is 2.27. The molecule has 0 fully saturated rings. The normalized spacial score (nSPS) is 10.1. The standard InChI is InChI=1S/C13H8F2N2S/c14-9-2-4-13(11(15)5-9)18-10-3-1-8(7-16)12(17)6-10/h1-6H,17H2. The second-order valence-electron chi connectivity index (χ2n) is 3.54. The van der Waals surface area contributed by atoms with E-state index in [1.165, 1.54) is 12.1 Å². The number of nitrogen functional groups attached to an aromatic ring is 1. The van der Waals surface area contributed by atoms with Crippen LogP contribution >= 0.6 is 11.8 Å². The van der Waals surface area contributed by atoms with Gasteiger partial charge < -0.3 is 5.73 Å². The first-order chi connectivity index (χ1) is 8.60. The lowest BCUT2D eigenvalue weighted by Crippen LogP contribution is -1.90. The highest BCUT2D eigenvalue weighted by molar-refractivity contribution is 7.99. The summed E-state index contributed by atoms with van der Waals surface area (Å²) in [6.45, 7) is 0. The smallest absolute Gasteiger partial charge is 0.140 e. The molecule has 2 aromatic rings. The Balaban J connectivity index is 2.29. The molecule has 0 radical (unpaired) electrons. The zero-order chi connectivity index (χ0) is 13.1. The summed E-state index contributed by atoms with van der Waals surface area (Å²) >= 11 is 1.13. The van der Waals surface area contributed by atoms with Gasteiger partial charge in [0.25, 0.3) is 0 Å². The highest BCUT2D eigenvalue weighted by Gasteiger charge is 2.07. The summed E-state index contributed by atoms with van der Waals surface area (Å²) in [6, 6.07) is 10.2. The molecule has 0 amide bonds. The molecule has 2 N–H and O–H groups in total. The summed E-state index contributed by atoms with van der Waals surface area (Å²) < 4.78 is 26.2. The van der Waals surface area contributed by atoms with E-state index in [9.17, 15) is 8.78 Å². The molecule has 0 aromatic heterocycles. The van der Waals surface area contributed by atoms with Crippen LogP contribution in [0.3, 0.4) is 0 Å². The molecule has 0 saturated heterocycles. The molecule has 2 aromatic carbocycles. The Morgan fingerprint density at radius 1 is 1.11 bits per heavy atom. The summed E-state index contributed by atoms with van der Waals surface area (Å²) in [5, 5.41) is 8.74. The van der Waals surface area contributed by atoms with Gasteiger partial charge in [-0.25, -0.2) is 8.78 Å². The van der Waals surface area contributed by atoms with Crippen molar-refractivity contribution >= 4 is 17.4 Å². The number of rotatable bonds is 2. The van der Waals surface area contributed by atoms with Crippen LogP contribution in [0.1, 0.15) is 5.56 Å². The molecule has 0 aliphatic heterocycles. The molecule has 0 saturated carbocycles. The largest absolute Gasteiger partial charge is 0.398 e. The Kier molecular flexibility index (Phi) is 3.49. The summed E-state index contributed by atoms with van der Waals surface area (Å²) in [5.41, 5.74) is 6.37. The molecule has 2 rings (SSSR count). The second-order valence-corrected chi connectivity index (χ2v) is 4.65. The molecule has 5 heteroatoms. The molecule has 0 atom stereocenters.